The van der Waals surface area contributed by atoms with Crippen molar-refractivity contribution in [2.45, 2.75) is 40.0 Å². The van der Waals surface area contributed by atoms with Crippen LogP contribution in [-0.2, 0) is 11.2 Å². The summed E-state index contributed by atoms with van der Waals surface area (Å²) in [5.74, 6) is 2.00. The second-order valence-corrected chi connectivity index (χ2v) is 5.84. The van der Waals surface area contributed by atoms with Crippen molar-refractivity contribution < 1.29 is 9.21 Å². The van der Waals surface area contributed by atoms with Gasteiger partial charge >= 0.3 is 0 Å². The normalized spacial score (nSPS) is 11.6. The lowest BCUT2D eigenvalue weighted by molar-refractivity contribution is -0.121. The lowest BCUT2D eigenvalue weighted by Crippen LogP contribution is -2.39. The Morgan fingerprint density at radius 3 is 2.63 bits per heavy atom. The summed E-state index contributed by atoms with van der Waals surface area (Å²) < 4.78 is 5.47. The third-order valence-electron chi connectivity index (χ3n) is 3.04. The molecule has 0 aromatic carbocycles. The first-order chi connectivity index (χ1) is 8.93. The van der Waals surface area contributed by atoms with Crippen LogP contribution in [0.2, 0.25) is 0 Å². The standard InChI is InChI=1S/C15H26N2O2/c1-12-8-9-13(19-12)6-5-7-14(18)17-11-15(2,3)10-16-4/h8-9,16H,5-7,10-11H2,1-4H3,(H,17,18). The highest BCUT2D eigenvalue weighted by molar-refractivity contribution is 5.75. The molecule has 1 rings (SSSR count). The van der Waals surface area contributed by atoms with Crippen LogP contribution < -0.4 is 10.6 Å². The highest BCUT2D eigenvalue weighted by atomic mass is 16.3. The molecular formula is C15H26N2O2. The van der Waals surface area contributed by atoms with E-state index >= 15 is 0 Å². The van der Waals surface area contributed by atoms with Crippen molar-refractivity contribution in [3.05, 3.63) is 23.7 Å². The molecule has 0 spiro atoms. The average molecular weight is 266 g/mol. The van der Waals surface area contributed by atoms with Gasteiger partial charge in [-0.25, -0.2) is 0 Å². The van der Waals surface area contributed by atoms with Crippen LogP contribution in [0.3, 0.4) is 0 Å². The maximum absolute atomic E-state index is 11.7. The van der Waals surface area contributed by atoms with Crippen LogP contribution in [0.5, 0.6) is 0 Å². The maximum atomic E-state index is 11.7. The lowest BCUT2D eigenvalue weighted by atomic mass is 9.93. The molecule has 19 heavy (non-hydrogen) atoms. The van der Waals surface area contributed by atoms with E-state index in [1.807, 2.05) is 26.1 Å². The fraction of sp³-hybridized carbons (Fsp3) is 0.667. The molecule has 0 atom stereocenters. The molecule has 0 saturated carbocycles. The molecule has 0 aliphatic rings. The molecule has 0 saturated heterocycles. The molecule has 108 valence electrons. The lowest BCUT2D eigenvalue weighted by Gasteiger charge is -2.24. The summed E-state index contributed by atoms with van der Waals surface area (Å²) >= 11 is 0. The molecule has 1 aromatic heterocycles. The number of amides is 1. The number of carbonyl (C=O) groups excluding carboxylic acids is 1. The molecule has 0 radical (unpaired) electrons. The third kappa shape index (κ3) is 6.43. The summed E-state index contributed by atoms with van der Waals surface area (Å²) in [4.78, 5) is 11.7. The van der Waals surface area contributed by atoms with E-state index in [-0.39, 0.29) is 11.3 Å². The highest BCUT2D eigenvalue weighted by Gasteiger charge is 2.17. The molecule has 0 aliphatic carbocycles. The van der Waals surface area contributed by atoms with E-state index in [9.17, 15) is 4.79 Å². The summed E-state index contributed by atoms with van der Waals surface area (Å²) in [6.07, 6.45) is 2.20. The summed E-state index contributed by atoms with van der Waals surface area (Å²) in [5.41, 5.74) is 0.0858. The Labute approximate surface area is 116 Å². The zero-order valence-electron chi connectivity index (χ0n) is 12.5. The molecule has 0 fully saturated rings. The Bertz CT molecular complexity index is 397. The maximum Gasteiger partial charge on any atom is 0.220 e. The van der Waals surface area contributed by atoms with Gasteiger partial charge in [-0.15, -0.1) is 0 Å². The largest absolute Gasteiger partial charge is 0.466 e. The van der Waals surface area contributed by atoms with Crippen molar-refractivity contribution in [2.75, 3.05) is 20.1 Å². The van der Waals surface area contributed by atoms with Crippen LogP contribution in [0.25, 0.3) is 0 Å². The molecule has 4 heteroatoms. The van der Waals surface area contributed by atoms with Crippen LogP contribution >= 0.6 is 0 Å². The second-order valence-electron chi connectivity index (χ2n) is 5.84. The van der Waals surface area contributed by atoms with Crippen molar-refractivity contribution in [1.82, 2.24) is 10.6 Å². The van der Waals surface area contributed by atoms with Crippen molar-refractivity contribution >= 4 is 5.91 Å². The number of carbonyl (C=O) groups is 1. The van der Waals surface area contributed by atoms with Gasteiger partial charge in [-0.1, -0.05) is 13.8 Å². The van der Waals surface area contributed by atoms with E-state index in [0.29, 0.717) is 13.0 Å². The highest BCUT2D eigenvalue weighted by Crippen LogP contribution is 2.12. The van der Waals surface area contributed by atoms with Gasteiger partial charge in [0.05, 0.1) is 0 Å². The molecule has 0 aliphatic heterocycles. The number of hydrogen-bond acceptors (Lipinski definition) is 3. The minimum Gasteiger partial charge on any atom is -0.466 e. The second kappa shape index (κ2) is 7.34. The van der Waals surface area contributed by atoms with E-state index in [2.05, 4.69) is 24.5 Å². The summed E-state index contributed by atoms with van der Waals surface area (Å²) in [6.45, 7) is 7.79. The Kier molecular flexibility index (Phi) is 6.09. The zero-order chi connectivity index (χ0) is 14.3. The summed E-state index contributed by atoms with van der Waals surface area (Å²) in [6, 6.07) is 3.93. The Morgan fingerprint density at radius 1 is 1.32 bits per heavy atom. The smallest absolute Gasteiger partial charge is 0.220 e. The molecule has 4 nitrogen and oxygen atoms in total. The van der Waals surface area contributed by atoms with Gasteiger partial charge in [0.2, 0.25) is 5.91 Å². The fourth-order valence-electron chi connectivity index (χ4n) is 2.01. The topological polar surface area (TPSA) is 54.3 Å². The number of rotatable bonds is 8. The van der Waals surface area contributed by atoms with E-state index in [0.717, 1.165) is 30.9 Å². The molecular weight excluding hydrogens is 240 g/mol. The predicted molar refractivity (Wildman–Crippen MR) is 77.1 cm³/mol. The predicted octanol–water partition coefficient (Wildman–Crippen LogP) is 2.27. The minimum absolute atomic E-state index is 0.0858. The van der Waals surface area contributed by atoms with E-state index in [4.69, 9.17) is 4.42 Å². The van der Waals surface area contributed by atoms with Gasteiger partial charge in [0.1, 0.15) is 11.5 Å². The number of nitrogens with one attached hydrogen (secondary N) is 2. The molecule has 1 aromatic rings. The average Bonchev–Trinajstić information content (AvgIpc) is 2.73. The molecule has 1 amide bonds. The Balaban J connectivity index is 2.18. The van der Waals surface area contributed by atoms with E-state index < -0.39 is 0 Å². The van der Waals surface area contributed by atoms with E-state index in [1.54, 1.807) is 0 Å². The third-order valence-corrected chi connectivity index (χ3v) is 3.04. The van der Waals surface area contributed by atoms with Gasteiger partial charge in [0.25, 0.3) is 0 Å². The van der Waals surface area contributed by atoms with E-state index in [1.165, 1.54) is 0 Å². The van der Waals surface area contributed by atoms with Gasteiger partial charge < -0.3 is 15.1 Å². The van der Waals surface area contributed by atoms with Crippen LogP contribution in [-0.4, -0.2) is 26.0 Å². The minimum atomic E-state index is 0.0858. The van der Waals surface area contributed by atoms with Gasteiger partial charge in [-0.2, -0.15) is 0 Å². The zero-order valence-corrected chi connectivity index (χ0v) is 12.5. The first-order valence-corrected chi connectivity index (χ1v) is 6.89. The van der Waals surface area contributed by atoms with Crippen molar-refractivity contribution in [1.29, 1.82) is 0 Å². The summed E-state index contributed by atoms with van der Waals surface area (Å²) in [7, 11) is 1.93. The quantitative estimate of drug-likeness (QED) is 0.759. The van der Waals surface area contributed by atoms with Crippen LogP contribution in [0.4, 0.5) is 0 Å². The van der Waals surface area contributed by atoms with Crippen molar-refractivity contribution in [2.24, 2.45) is 5.41 Å². The Hall–Kier alpha value is -1.29. The van der Waals surface area contributed by atoms with Crippen molar-refractivity contribution in [3.8, 4) is 0 Å². The van der Waals surface area contributed by atoms with Crippen molar-refractivity contribution in [3.63, 3.8) is 0 Å². The monoisotopic (exact) mass is 266 g/mol. The molecule has 0 bridgehead atoms. The van der Waals surface area contributed by atoms with Gasteiger partial charge in [0, 0.05) is 25.9 Å². The number of furan rings is 1. The molecule has 2 N–H and O–H groups in total. The fourth-order valence-corrected chi connectivity index (χ4v) is 2.01. The van der Waals surface area contributed by atoms with Gasteiger partial charge in [0.15, 0.2) is 0 Å². The first-order valence-electron chi connectivity index (χ1n) is 6.89. The first kappa shape index (κ1) is 15.8. The molecule has 1 heterocycles. The van der Waals surface area contributed by atoms with Crippen LogP contribution in [0.15, 0.2) is 16.5 Å². The summed E-state index contributed by atoms with van der Waals surface area (Å²) in [5, 5.41) is 6.12. The van der Waals surface area contributed by atoms with Crippen LogP contribution in [0, 0.1) is 12.3 Å². The molecule has 0 unspecified atom stereocenters. The number of hydrogen-bond donors (Lipinski definition) is 2. The SMILES string of the molecule is CNCC(C)(C)CNC(=O)CCCc1ccc(C)o1. The van der Waals surface area contributed by atoms with Crippen LogP contribution in [0.1, 0.15) is 38.2 Å². The van der Waals surface area contributed by atoms with Gasteiger partial charge in [-0.3, -0.25) is 4.79 Å². The Morgan fingerprint density at radius 2 is 2.05 bits per heavy atom. The number of aryl methyl sites for hydroxylation is 2. The van der Waals surface area contributed by atoms with Gasteiger partial charge in [-0.05, 0) is 37.9 Å².